The van der Waals surface area contributed by atoms with E-state index in [1.807, 2.05) is 19.9 Å². The molecule has 0 saturated carbocycles. The molecule has 0 aliphatic heterocycles. The molecular weight excluding hydrogens is 284 g/mol. The minimum atomic E-state index is 0.0875. The second-order valence-electron chi connectivity index (χ2n) is 7.03. The van der Waals surface area contributed by atoms with Crippen molar-refractivity contribution in [3.63, 3.8) is 0 Å². The maximum Gasteiger partial charge on any atom is 0.123 e. The SMILES string of the molecule is CCC(C)(C)C1=CCC(c2cc(O)cc(OC(C)C)c2)=CC=C1. The Morgan fingerprint density at radius 2 is 1.96 bits per heavy atom. The van der Waals surface area contributed by atoms with Crippen LogP contribution in [0.3, 0.4) is 0 Å². The van der Waals surface area contributed by atoms with Gasteiger partial charge in [-0.25, -0.2) is 0 Å². The number of allylic oxidation sites excluding steroid dienone is 6. The van der Waals surface area contributed by atoms with Gasteiger partial charge in [-0.05, 0) is 60.9 Å². The molecule has 0 bridgehead atoms. The fraction of sp³-hybridized carbons (Fsp3) is 0.429. The first-order valence-corrected chi connectivity index (χ1v) is 8.41. The van der Waals surface area contributed by atoms with Gasteiger partial charge in [-0.3, -0.25) is 0 Å². The van der Waals surface area contributed by atoms with Crippen LogP contribution < -0.4 is 4.74 Å². The first-order chi connectivity index (χ1) is 10.8. The Bertz CT molecular complexity index is 646. The molecule has 23 heavy (non-hydrogen) atoms. The number of rotatable bonds is 5. The second-order valence-corrected chi connectivity index (χ2v) is 7.03. The summed E-state index contributed by atoms with van der Waals surface area (Å²) >= 11 is 0. The normalized spacial score (nSPS) is 15.2. The van der Waals surface area contributed by atoms with Crippen LogP contribution in [0.5, 0.6) is 11.5 Å². The van der Waals surface area contributed by atoms with Crippen LogP contribution in [0.25, 0.3) is 5.57 Å². The van der Waals surface area contributed by atoms with E-state index < -0.39 is 0 Å². The van der Waals surface area contributed by atoms with Crippen molar-refractivity contribution in [2.24, 2.45) is 5.41 Å². The Morgan fingerprint density at radius 1 is 1.22 bits per heavy atom. The maximum absolute atomic E-state index is 9.99. The molecule has 1 aromatic carbocycles. The molecule has 124 valence electrons. The molecule has 2 heteroatoms. The molecule has 1 aromatic rings. The molecule has 0 radical (unpaired) electrons. The second kappa shape index (κ2) is 7.08. The van der Waals surface area contributed by atoms with Gasteiger partial charge in [0.25, 0.3) is 0 Å². The van der Waals surface area contributed by atoms with Crippen LogP contribution in [0.2, 0.25) is 0 Å². The number of ether oxygens (including phenoxy) is 1. The van der Waals surface area contributed by atoms with Crippen LogP contribution >= 0.6 is 0 Å². The van der Waals surface area contributed by atoms with E-state index in [0.717, 1.165) is 18.4 Å². The topological polar surface area (TPSA) is 29.5 Å². The Balaban J connectivity index is 2.29. The Morgan fingerprint density at radius 3 is 2.61 bits per heavy atom. The zero-order valence-corrected chi connectivity index (χ0v) is 14.9. The van der Waals surface area contributed by atoms with Crippen molar-refractivity contribution < 1.29 is 9.84 Å². The van der Waals surface area contributed by atoms with Gasteiger partial charge in [0, 0.05) is 6.07 Å². The van der Waals surface area contributed by atoms with E-state index >= 15 is 0 Å². The number of hydrogen-bond acceptors (Lipinski definition) is 2. The van der Waals surface area contributed by atoms with Gasteiger partial charge in [0.2, 0.25) is 0 Å². The van der Waals surface area contributed by atoms with E-state index in [-0.39, 0.29) is 17.3 Å². The van der Waals surface area contributed by atoms with Crippen LogP contribution in [-0.2, 0) is 0 Å². The van der Waals surface area contributed by atoms with Gasteiger partial charge in [-0.1, -0.05) is 45.1 Å². The summed E-state index contributed by atoms with van der Waals surface area (Å²) < 4.78 is 5.73. The molecule has 0 amide bonds. The lowest BCUT2D eigenvalue weighted by molar-refractivity contribution is 0.241. The average molecular weight is 312 g/mol. The number of hydrogen-bond donors (Lipinski definition) is 1. The smallest absolute Gasteiger partial charge is 0.123 e. The van der Waals surface area contributed by atoms with E-state index in [0.29, 0.717) is 5.75 Å². The number of phenolic OH excluding ortho intramolecular Hbond substituents is 1. The van der Waals surface area contributed by atoms with Gasteiger partial charge in [-0.15, -0.1) is 0 Å². The number of aromatic hydroxyl groups is 1. The lowest BCUT2D eigenvalue weighted by atomic mass is 9.81. The Hall–Kier alpha value is -1.96. The summed E-state index contributed by atoms with van der Waals surface area (Å²) in [6.45, 7) is 10.7. The van der Waals surface area contributed by atoms with E-state index in [4.69, 9.17) is 4.74 Å². The van der Waals surface area contributed by atoms with Gasteiger partial charge in [0.05, 0.1) is 6.10 Å². The molecule has 1 aliphatic carbocycles. The van der Waals surface area contributed by atoms with E-state index in [1.165, 1.54) is 11.1 Å². The molecule has 0 fully saturated rings. The highest BCUT2D eigenvalue weighted by Gasteiger charge is 2.19. The lowest BCUT2D eigenvalue weighted by Crippen LogP contribution is -2.11. The van der Waals surface area contributed by atoms with Crippen LogP contribution in [0.15, 0.2) is 48.1 Å². The molecule has 0 heterocycles. The maximum atomic E-state index is 9.99. The molecule has 2 rings (SSSR count). The van der Waals surface area contributed by atoms with Crippen LogP contribution in [0.4, 0.5) is 0 Å². The summed E-state index contributed by atoms with van der Waals surface area (Å²) in [6.07, 6.45) is 10.8. The first-order valence-electron chi connectivity index (χ1n) is 8.41. The average Bonchev–Trinajstić information content (AvgIpc) is 2.72. The highest BCUT2D eigenvalue weighted by molar-refractivity contribution is 5.71. The third-order valence-corrected chi connectivity index (χ3v) is 4.41. The zero-order valence-electron chi connectivity index (χ0n) is 14.9. The summed E-state index contributed by atoms with van der Waals surface area (Å²) in [5, 5.41) is 9.99. The predicted molar refractivity (Wildman–Crippen MR) is 97.8 cm³/mol. The van der Waals surface area contributed by atoms with E-state index in [1.54, 1.807) is 12.1 Å². The summed E-state index contributed by atoms with van der Waals surface area (Å²) in [5.41, 5.74) is 3.75. The third kappa shape index (κ3) is 4.51. The summed E-state index contributed by atoms with van der Waals surface area (Å²) in [4.78, 5) is 0. The molecule has 0 saturated heterocycles. The van der Waals surface area contributed by atoms with E-state index in [9.17, 15) is 5.11 Å². The van der Waals surface area contributed by atoms with Gasteiger partial charge in [0.1, 0.15) is 11.5 Å². The van der Waals surface area contributed by atoms with Gasteiger partial charge >= 0.3 is 0 Å². The van der Waals surface area contributed by atoms with E-state index in [2.05, 4.69) is 45.1 Å². The highest BCUT2D eigenvalue weighted by atomic mass is 16.5. The van der Waals surface area contributed by atoms with Crippen molar-refractivity contribution in [2.45, 2.75) is 53.6 Å². The minimum absolute atomic E-state index is 0.0875. The third-order valence-electron chi connectivity index (χ3n) is 4.41. The fourth-order valence-corrected chi connectivity index (χ4v) is 2.65. The highest BCUT2D eigenvalue weighted by Crippen LogP contribution is 2.35. The van der Waals surface area contributed by atoms with Crippen molar-refractivity contribution >= 4 is 5.57 Å². The van der Waals surface area contributed by atoms with Gasteiger partial charge in [-0.2, -0.15) is 0 Å². The summed E-state index contributed by atoms with van der Waals surface area (Å²) in [5.74, 6) is 0.951. The molecule has 0 aromatic heterocycles. The number of phenols is 1. The molecular formula is C21H28O2. The van der Waals surface area contributed by atoms with Crippen molar-refractivity contribution in [1.82, 2.24) is 0 Å². The van der Waals surface area contributed by atoms with Crippen molar-refractivity contribution in [3.8, 4) is 11.5 Å². The first kappa shape index (κ1) is 17.4. The van der Waals surface area contributed by atoms with Crippen LogP contribution in [0, 0.1) is 5.41 Å². The van der Waals surface area contributed by atoms with Crippen molar-refractivity contribution in [1.29, 1.82) is 0 Å². The van der Waals surface area contributed by atoms with Crippen LogP contribution in [-0.4, -0.2) is 11.2 Å². The summed E-state index contributed by atoms with van der Waals surface area (Å²) in [6, 6.07) is 5.47. The van der Waals surface area contributed by atoms with Crippen molar-refractivity contribution in [2.75, 3.05) is 0 Å². The Kier molecular flexibility index (Phi) is 5.35. The predicted octanol–water partition coefficient (Wildman–Crippen LogP) is 5.89. The van der Waals surface area contributed by atoms with Crippen molar-refractivity contribution in [3.05, 3.63) is 53.6 Å². The fourth-order valence-electron chi connectivity index (χ4n) is 2.65. The zero-order chi connectivity index (χ0) is 17.0. The Labute approximate surface area is 140 Å². The lowest BCUT2D eigenvalue weighted by Gasteiger charge is -2.24. The quantitative estimate of drug-likeness (QED) is 0.735. The molecule has 0 spiro atoms. The molecule has 2 nitrogen and oxygen atoms in total. The number of benzene rings is 1. The molecule has 1 aliphatic rings. The van der Waals surface area contributed by atoms with Gasteiger partial charge in [0.15, 0.2) is 0 Å². The molecule has 0 atom stereocenters. The van der Waals surface area contributed by atoms with Gasteiger partial charge < -0.3 is 9.84 Å². The monoisotopic (exact) mass is 312 g/mol. The largest absolute Gasteiger partial charge is 0.508 e. The minimum Gasteiger partial charge on any atom is -0.508 e. The van der Waals surface area contributed by atoms with Crippen LogP contribution in [0.1, 0.15) is 53.0 Å². The standard InChI is InChI=1S/C21H28O2/c1-6-21(4,5)18-9-7-8-16(10-11-18)17-12-19(22)14-20(13-17)23-15(2)3/h7-9,11-15,22H,6,10H2,1-5H3. The molecule has 1 N–H and O–H groups in total. The summed E-state index contributed by atoms with van der Waals surface area (Å²) in [7, 11) is 0. The molecule has 0 unspecified atom stereocenters.